The second-order valence-electron chi connectivity index (χ2n) is 7.41. The first-order valence-corrected chi connectivity index (χ1v) is 13.1. The maximum atomic E-state index is 13.2. The monoisotopic (exact) mass is 438 g/mol. The number of ether oxygens (including phenoxy) is 1. The van der Waals surface area contributed by atoms with E-state index in [0.29, 0.717) is 23.9 Å². The smallest absolute Gasteiger partial charge is 0.192 e. The van der Waals surface area contributed by atoms with E-state index in [9.17, 15) is 4.39 Å². The van der Waals surface area contributed by atoms with Gasteiger partial charge in [0.2, 0.25) is 0 Å². The van der Waals surface area contributed by atoms with Crippen molar-refractivity contribution >= 4 is 19.9 Å². The number of methoxy groups -OCH3 is 1. The van der Waals surface area contributed by atoms with Crippen molar-refractivity contribution in [3.8, 4) is 5.75 Å². The van der Waals surface area contributed by atoms with Crippen LogP contribution >= 0.6 is 11.6 Å². The average molecular weight is 439 g/mol. The molecule has 29 heavy (non-hydrogen) atoms. The first kappa shape index (κ1) is 23.8. The van der Waals surface area contributed by atoms with Crippen LogP contribution in [0.4, 0.5) is 4.39 Å². The van der Waals surface area contributed by atoms with Crippen molar-refractivity contribution in [2.45, 2.75) is 51.6 Å². The number of benzene rings is 1. The van der Waals surface area contributed by atoms with Gasteiger partial charge in [0, 0.05) is 24.8 Å². The van der Waals surface area contributed by atoms with Crippen LogP contribution < -0.4 is 4.74 Å². The van der Waals surface area contributed by atoms with Gasteiger partial charge in [0.1, 0.15) is 11.6 Å². The maximum Gasteiger partial charge on any atom is 0.192 e. The first-order valence-electron chi connectivity index (χ1n) is 10.2. The SMILES string of the molecule is CC[Si](CC)(CC)OC(CN(C)Cc1ccc(F)cc1)c1c(Cl)cncc1OC. The Morgan fingerprint density at radius 1 is 1.10 bits per heavy atom. The number of nitrogens with zero attached hydrogens (tertiary/aromatic N) is 2. The van der Waals surface area contributed by atoms with Crippen molar-refractivity contribution in [2.24, 2.45) is 0 Å². The second-order valence-corrected chi connectivity index (χ2v) is 12.5. The number of likely N-dealkylation sites (N-methyl/N-ethyl adjacent to an activating group) is 1. The number of pyridine rings is 1. The third kappa shape index (κ3) is 6.25. The molecular weight excluding hydrogens is 407 g/mol. The molecule has 7 heteroatoms. The van der Waals surface area contributed by atoms with Gasteiger partial charge in [-0.2, -0.15) is 0 Å². The van der Waals surface area contributed by atoms with Gasteiger partial charge >= 0.3 is 0 Å². The number of hydrogen-bond acceptors (Lipinski definition) is 4. The highest BCUT2D eigenvalue weighted by atomic mass is 35.5. The Morgan fingerprint density at radius 2 is 1.72 bits per heavy atom. The Hall–Kier alpha value is -1.47. The summed E-state index contributed by atoms with van der Waals surface area (Å²) in [5, 5.41) is 0.552. The molecule has 1 atom stereocenters. The van der Waals surface area contributed by atoms with E-state index in [1.54, 1.807) is 19.5 Å². The van der Waals surface area contributed by atoms with Gasteiger partial charge in [-0.25, -0.2) is 4.39 Å². The molecule has 1 aromatic heterocycles. The lowest BCUT2D eigenvalue weighted by Crippen LogP contribution is -2.40. The van der Waals surface area contributed by atoms with Gasteiger partial charge in [0.05, 0.1) is 24.4 Å². The molecule has 0 saturated heterocycles. The van der Waals surface area contributed by atoms with Crippen LogP contribution in [0.2, 0.25) is 23.2 Å². The molecule has 2 aromatic rings. The summed E-state index contributed by atoms with van der Waals surface area (Å²) in [6.07, 6.45) is 3.10. The minimum Gasteiger partial charge on any atom is -0.495 e. The van der Waals surface area contributed by atoms with Crippen molar-refractivity contribution in [1.82, 2.24) is 9.88 Å². The Morgan fingerprint density at radius 3 is 2.28 bits per heavy atom. The van der Waals surface area contributed by atoms with E-state index in [2.05, 4.69) is 30.7 Å². The van der Waals surface area contributed by atoms with Crippen LogP contribution in [0.15, 0.2) is 36.7 Å². The zero-order valence-electron chi connectivity index (χ0n) is 18.0. The van der Waals surface area contributed by atoms with Crippen LogP contribution in [-0.2, 0) is 11.0 Å². The molecule has 0 spiro atoms. The zero-order valence-corrected chi connectivity index (χ0v) is 19.8. The van der Waals surface area contributed by atoms with E-state index in [0.717, 1.165) is 29.3 Å². The fraction of sp³-hybridized carbons (Fsp3) is 0.500. The van der Waals surface area contributed by atoms with Crippen molar-refractivity contribution < 1.29 is 13.6 Å². The summed E-state index contributed by atoms with van der Waals surface area (Å²) in [6.45, 7) is 7.97. The topological polar surface area (TPSA) is 34.6 Å². The fourth-order valence-corrected chi connectivity index (χ4v) is 6.71. The molecular formula is C22H32ClFN2O2Si. The molecule has 0 saturated carbocycles. The number of halogens is 2. The molecule has 0 fully saturated rings. The molecule has 0 aliphatic carbocycles. The summed E-state index contributed by atoms with van der Waals surface area (Å²) in [6, 6.07) is 9.73. The van der Waals surface area contributed by atoms with Gasteiger partial charge in [-0.3, -0.25) is 9.88 Å². The molecule has 0 bridgehead atoms. The molecule has 1 aromatic carbocycles. The lowest BCUT2D eigenvalue weighted by molar-refractivity contribution is 0.131. The fourth-order valence-electron chi connectivity index (χ4n) is 3.64. The Labute approximate surface area is 180 Å². The van der Waals surface area contributed by atoms with E-state index in [1.165, 1.54) is 12.1 Å². The summed E-state index contributed by atoms with van der Waals surface area (Å²) in [7, 11) is 1.76. The van der Waals surface area contributed by atoms with Crippen LogP contribution in [-0.4, -0.2) is 38.9 Å². The molecule has 4 nitrogen and oxygen atoms in total. The second kappa shape index (κ2) is 11.1. The molecule has 160 valence electrons. The standard InChI is InChI=1S/C22H32ClFN2O2Si/c1-6-29(7-2,8-3)28-21(22-19(23)13-25-14-20(22)27-5)16-26(4)15-17-9-11-18(24)12-10-17/h9-14,21H,6-8,15-16H2,1-5H3. The predicted octanol–water partition coefficient (Wildman–Crippen LogP) is 6.08. The highest BCUT2D eigenvalue weighted by molar-refractivity contribution is 6.73. The molecule has 0 N–H and O–H groups in total. The van der Waals surface area contributed by atoms with Crippen molar-refractivity contribution in [3.05, 3.63) is 58.6 Å². The molecule has 0 radical (unpaired) electrons. The highest BCUT2D eigenvalue weighted by Gasteiger charge is 2.35. The third-order valence-electron chi connectivity index (χ3n) is 5.61. The van der Waals surface area contributed by atoms with Gasteiger partial charge in [0.15, 0.2) is 8.32 Å². The summed E-state index contributed by atoms with van der Waals surface area (Å²) in [4.78, 5) is 6.33. The molecule has 2 rings (SSSR count). The van der Waals surface area contributed by atoms with Gasteiger partial charge in [-0.1, -0.05) is 44.5 Å². The predicted molar refractivity (Wildman–Crippen MR) is 120 cm³/mol. The average Bonchev–Trinajstić information content (AvgIpc) is 2.73. The van der Waals surface area contributed by atoms with E-state index in [1.807, 2.05) is 19.2 Å². The largest absolute Gasteiger partial charge is 0.495 e. The van der Waals surface area contributed by atoms with E-state index in [4.69, 9.17) is 20.8 Å². The lowest BCUT2D eigenvalue weighted by Gasteiger charge is -2.36. The quantitative estimate of drug-likeness (QED) is 0.398. The minimum atomic E-state index is -1.90. The van der Waals surface area contributed by atoms with Crippen molar-refractivity contribution in [1.29, 1.82) is 0 Å². The first-order chi connectivity index (χ1) is 13.9. The van der Waals surface area contributed by atoms with Crippen LogP contribution in [0.1, 0.15) is 38.0 Å². The van der Waals surface area contributed by atoms with Crippen molar-refractivity contribution in [2.75, 3.05) is 20.7 Å². The summed E-state index contributed by atoms with van der Waals surface area (Å²) < 4.78 is 25.7. The van der Waals surface area contributed by atoms with E-state index >= 15 is 0 Å². The van der Waals surface area contributed by atoms with Crippen LogP contribution in [0.3, 0.4) is 0 Å². The zero-order chi connectivity index (χ0) is 21.4. The number of hydrogen-bond donors (Lipinski definition) is 0. The Balaban J connectivity index is 2.33. The molecule has 0 aliphatic heterocycles. The lowest BCUT2D eigenvalue weighted by atomic mass is 10.1. The van der Waals surface area contributed by atoms with Gasteiger partial charge in [-0.15, -0.1) is 0 Å². The van der Waals surface area contributed by atoms with E-state index in [-0.39, 0.29) is 11.9 Å². The number of aromatic nitrogens is 1. The molecule has 0 amide bonds. The third-order valence-corrected chi connectivity index (χ3v) is 10.6. The van der Waals surface area contributed by atoms with Gasteiger partial charge in [0.25, 0.3) is 0 Å². The molecule has 1 heterocycles. The van der Waals surface area contributed by atoms with Crippen LogP contribution in [0.5, 0.6) is 5.75 Å². The van der Waals surface area contributed by atoms with Crippen molar-refractivity contribution in [3.63, 3.8) is 0 Å². The summed E-state index contributed by atoms with van der Waals surface area (Å²) >= 11 is 6.56. The van der Waals surface area contributed by atoms with E-state index < -0.39 is 8.32 Å². The van der Waals surface area contributed by atoms with Crippen LogP contribution in [0, 0.1) is 5.82 Å². The summed E-state index contributed by atoms with van der Waals surface area (Å²) in [5.41, 5.74) is 1.90. The number of rotatable bonds is 11. The maximum absolute atomic E-state index is 13.2. The normalized spacial score (nSPS) is 13.0. The molecule has 1 unspecified atom stereocenters. The molecule has 0 aliphatic rings. The summed E-state index contributed by atoms with van der Waals surface area (Å²) in [5.74, 6) is 0.416. The Bertz CT molecular complexity index is 764. The van der Waals surface area contributed by atoms with Gasteiger partial charge < -0.3 is 9.16 Å². The highest BCUT2D eigenvalue weighted by Crippen LogP contribution is 2.38. The Kier molecular flexibility index (Phi) is 9.08. The van der Waals surface area contributed by atoms with Crippen LogP contribution in [0.25, 0.3) is 0 Å². The minimum absolute atomic E-state index is 0.225. The van der Waals surface area contributed by atoms with Gasteiger partial charge in [-0.05, 0) is 42.9 Å².